The SMILES string of the molecule is COc1cc(OC)c(C2=CCNC(=S)N2CCCN)cc1OC. The van der Waals surface area contributed by atoms with Crippen molar-refractivity contribution in [3.05, 3.63) is 23.8 Å². The monoisotopic (exact) mass is 337 g/mol. The summed E-state index contributed by atoms with van der Waals surface area (Å²) in [6.07, 6.45) is 2.92. The number of thiocarbonyl (C=S) groups is 1. The largest absolute Gasteiger partial charge is 0.496 e. The van der Waals surface area contributed by atoms with E-state index in [1.54, 1.807) is 21.3 Å². The van der Waals surface area contributed by atoms with E-state index in [1.807, 2.05) is 17.0 Å². The van der Waals surface area contributed by atoms with Crippen LogP contribution in [0.3, 0.4) is 0 Å². The smallest absolute Gasteiger partial charge is 0.173 e. The Morgan fingerprint density at radius 3 is 2.39 bits per heavy atom. The van der Waals surface area contributed by atoms with Crippen molar-refractivity contribution in [2.24, 2.45) is 5.73 Å². The molecule has 0 aliphatic carbocycles. The molecule has 1 aliphatic heterocycles. The molecule has 0 amide bonds. The molecule has 0 saturated carbocycles. The molecule has 0 spiro atoms. The van der Waals surface area contributed by atoms with Gasteiger partial charge in [0.2, 0.25) is 0 Å². The van der Waals surface area contributed by atoms with E-state index in [0.717, 1.165) is 24.2 Å². The lowest BCUT2D eigenvalue weighted by molar-refractivity contribution is 0.348. The van der Waals surface area contributed by atoms with Crippen molar-refractivity contribution in [3.8, 4) is 17.2 Å². The van der Waals surface area contributed by atoms with Gasteiger partial charge in [0.15, 0.2) is 16.6 Å². The van der Waals surface area contributed by atoms with E-state index in [1.165, 1.54) is 0 Å². The van der Waals surface area contributed by atoms with Gasteiger partial charge >= 0.3 is 0 Å². The van der Waals surface area contributed by atoms with E-state index < -0.39 is 0 Å². The highest BCUT2D eigenvalue weighted by Crippen LogP contribution is 2.39. The Labute approximate surface area is 142 Å². The summed E-state index contributed by atoms with van der Waals surface area (Å²) in [5, 5.41) is 3.86. The first-order valence-electron chi connectivity index (χ1n) is 7.42. The lowest BCUT2D eigenvalue weighted by Gasteiger charge is -2.32. The zero-order valence-electron chi connectivity index (χ0n) is 13.7. The predicted molar refractivity (Wildman–Crippen MR) is 95.1 cm³/mol. The minimum Gasteiger partial charge on any atom is -0.496 e. The van der Waals surface area contributed by atoms with Gasteiger partial charge in [0, 0.05) is 24.7 Å². The van der Waals surface area contributed by atoms with Crippen LogP contribution in [0.1, 0.15) is 12.0 Å². The van der Waals surface area contributed by atoms with Crippen molar-refractivity contribution in [2.75, 3.05) is 41.0 Å². The van der Waals surface area contributed by atoms with Crippen molar-refractivity contribution in [1.82, 2.24) is 10.2 Å². The lowest BCUT2D eigenvalue weighted by atomic mass is 10.1. The van der Waals surface area contributed by atoms with Gasteiger partial charge in [-0.3, -0.25) is 0 Å². The summed E-state index contributed by atoms with van der Waals surface area (Å²) in [6, 6.07) is 3.73. The number of rotatable bonds is 7. The Balaban J connectivity index is 2.48. The maximum atomic E-state index is 5.64. The molecule has 126 valence electrons. The third-order valence-corrected chi connectivity index (χ3v) is 4.02. The number of nitrogens with one attached hydrogen (secondary N) is 1. The number of hydrogen-bond acceptors (Lipinski definition) is 5. The Morgan fingerprint density at radius 2 is 1.78 bits per heavy atom. The molecule has 0 saturated heterocycles. The topological polar surface area (TPSA) is 69.0 Å². The standard InChI is InChI=1S/C16H23N3O3S/c1-20-13-10-15(22-3)14(21-2)9-11(13)12-5-7-18-16(23)19(12)8-4-6-17/h5,9-10H,4,6-8,17H2,1-3H3,(H,18,23). The van der Waals surface area contributed by atoms with Gasteiger partial charge in [0.05, 0.1) is 27.0 Å². The van der Waals surface area contributed by atoms with Crippen LogP contribution in [-0.4, -0.2) is 51.0 Å². The van der Waals surface area contributed by atoms with Gasteiger partial charge in [-0.05, 0) is 37.3 Å². The molecule has 1 aromatic carbocycles. The van der Waals surface area contributed by atoms with Crippen molar-refractivity contribution in [2.45, 2.75) is 6.42 Å². The molecule has 2 rings (SSSR count). The number of ether oxygens (including phenoxy) is 3. The van der Waals surface area contributed by atoms with Crippen LogP contribution in [0.5, 0.6) is 17.2 Å². The highest BCUT2D eigenvalue weighted by Gasteiger charge is 2.23. The normalized spacial score (nSPS) is 14.2. The second kappa shape index (κ2) is 8.03. The molecule has 1 aromatic rings. The molecular formula is C16H23N3O3S. The summed E-state index contributed by atoms with van der Waals surface area (Å²) < 4.78 is 16.3. The van der Waals surface area contributed by atoms with E-state index in [2.05, 4.69) is 11.4 Å². The molecule has 23 heavy (non-hydrogen) atoms. The Bertz CT molecular complexity index is 604. The summed E-state index contributed by atoms with van der Waals surface area (Å²) in [5.41, 5.74) is 7.54. The highest BCUT2D eigenvalue weighted by molar-refractivity contribution is 7.80. The predicted octanol–water partition coefficient (Wildman–Crippen LogP) is 1.59. The van der Waals surface area contributed by atoms with Gasteiger partial charge in [-0.25, -0.2) is 0 Å². The fourth-order valence-corrected chi connectivity index (χ4v) is 2.78. The van der Waals surface area contributed by atoms with Crippen LogP contribution in [0.25, 0.3) is 5.70 Å². The van der Waals surface area contributed by atoms with Gasteiger partial charge in [0.1, 0.15) is 5.75 Å². The average Bonchev–Trinajstić information content (AvgIpc) is 2.59. The first-order valence-corrected chi connectivity index (χ1v) is 7.83. The second-order valence-corrected chi connectivity index (χ2v) is 5.36. The maximum Gasteiger partial charge on any atom is 0.173 e. The lowest BCUT2D eigenvalue weighted by Crippen LogP contribution is -2.43. The number of nitrogens with two attached hydrogens (primary N) is 1. The van der Waals surface area contributed by atoms with Crippen LogP contribution in [-0.2, 0) is 0 Å². The van der Waals surface area contributed by atoms with E-state index in [4.69, 9.17) is 32.2 Å². The summed E-state index contributed by atoms with van der Waals surface area (Å²) in [6.45, 7) is 2.02. The van der Waals surface area contributed by atoms with Gasteiger partial charge in [0.25, 0.3) is 0 Å². The Hall–Kier alpha value is -1.99. The molecule has 0 fully saturated rings. The van der Waals surface area contributed by atoms with Gasteiger partial charge in [-0.1, -0.05) is 0 Å². The van der Waals surface area contributed by atoms with Crippen LogP contribution in [0.2, 0.25) is 0 Å². The van der Waals surface area contributed by atoms with Gasteiger partial charge < -0.3 is 30.2 Å². The molecule has 7 heteroatoms. The van der Waals surface area contributed by atoms with Crippen molar-refractivity contribution in [3.63, 3.8) is 0 Å². The molecule has 1 aliphatic rings. The molecule has 6 nitrogen and oxygen atoms in total. The minimum absolute atomic E-state index is 0.607. The zero-order chi connectivity index (χ0) is 16.8. The minimum atomic E-state index is 0.607. The van der Waals surface area contributed by atoms with Crippen LogP contribution in [0, 0.1) is 0 Å². The molecular weight excluding hydrogens is 314 g/mol. The molecule has 0 atom stereocenters. The van der Waals surface area contributed by atoms with Crippen molar-refractivity contribution < 1.29 is 14.2 Å². The number of benzene rings is 1. The third kappa shape index (κ3) is 3.68. The summed E-state index contributed by atoms with van der Waals surface area (Å²) in [7, 11) is 4.85. The third-order valence-electron chi connectivity index (χ3n) is 3.65. The quantitative estimate of drug-likeness (QED) is 0.732. The van der Waals surface area contributed by atoms with E-state index in [9.17, 15) is 0 Å². The molecule has 1 heterocycles. The zero-order valence-corrected chi connectivity index (χ0v) is 14.5. The Kier molecular flexibility index (Phi) is 6.06. The van der Waals surface area contributed by atoms with Crippen LogP contribution in [0.4, 0.5) is 0 Å². The summed E-state index contributed by atoms with van der Waals surface area (Å²) >= 11 is 5.44. The second-order valence-electron chi connectivity index (χ2n) is 4.98. The van der Waals surface area contributed by atoms with Crippen molar-refractivity contribution >= 4 is 23.0 Å². The van der Waals surface area contributed by atoms with Crippen LogP contribution < -0.4 is 25.3 Å². The first-order chi connectivity index (χ1) is 11.2. The van der Waals surface area contributed by atoms with E-state index >= 15 is 0 Å². The van der Waals surface area contributed by atoms with E-state index in [-0.39, 0.29) is 0 Å². The molecule has 0 aromatic heterocycles. The van der Waals surface area contributed by atoms with E-state index in [0.29, 0.717) is 35.5 Å². The molecule has 0 unspecified atom stereocenters. The highest BCUT2D eigenvalue weighted by atomic mass is 32.1. The fraction of sp³-hybridized carbons (Fsp3) is 0.438. The van der Waals surface area contributed by atoms with Gasteiger partial charge in [-0.15, -0.1) is 0 Å². The summed E-state index contributed by atoms with van der Waals surface area (Å²) in [5.74, 6) is 1.97. The number of nitrogens with zero attached hydrogens (tertiary/aromatic N) is 1. The van der Waals surface area contributed by atoms with Gasteiger partial charge in [-0.2, -0.15) is 0 Å². The maximum absolute atomic E-state index is 5.64. The number of hydrogen-bond donors (Lipinski definition) is 2. The molecule has 0 radical (unpaired) electrons. The average molecular weight is 337 g/mol. The fourth-order valence-electron chi connectivity index (χ4n) is 2.51. The van der Waals surface area contributed by atoms with Crippen LogP contribution in [0.15, 0.2) is 18.2 Å². The molecule has 0 bridgehead atoms. The molecule has 3 N–H and O–H groups in total. The number of methoxy groups -OCH3 is 3. The van der Waals surface area contributed by atoms with Crippen LogP contribution >= 0.6 is 12.2 Å². The summed E-state index contributed by atoms with van der Waals surface area (Å²) in [4.78, 5) is 2.04. The first kappa shape index (κ1) is 17.4. The Morgan fingerprint density at radius 1 is 1.13 bits per heavy atom. The van der Waals surface area contributed by atoms with Crippen molar-refractivity contribution in [1.29, 1.82) is 0 Å².